The van der Waals surface area contributed by atoms with Crippen LogP contribution < -0.4 is 10.5 Å². The first kappa shape index (κ1) is 27.2. The van der Waals surface area contributed by atoms with Crippen molar-refractivity contribution in [3.8, 4) is 5.75 Å². The normalized spacial score (nSPS) is 23.4. The third-order valence-corrected chi connectivity index (χ3v) is 10.3. The van der Waals surface area contributed by atoms with Crippen LogP contribution in [0.3, 0.4) is 0 Å². The number of benzene rings is 2. The number of ether oxygens (including phenoxy) is 2. The predicted molar refractivity (Wildman–Crippen MR) is 151 cm³/mol. The first-order valence-electron chi connectivity index (χ1n) is 14.1. The Morgan fingerprint density at radius 2 is 2.02 bits per heavy atom. The Morgan fingerprint density at radius 3 is 2.88 bits per heavy atom. The number of aromatic nitrogens is 2. The van der Waals surface area contributed by atoms with Crippen molar-refractivity contribution in [1.82, 2.24) is 18.8 Å². The Morgan fingerprint density at radius 1 is 1.18 bits per heavy atom. The molecule has 0 spiro atoms. The van der Waals surface area contributed by atoms with Crippen LogP contribution in [-0.4, -0.2) is 85.6 Å². The quantitative estimate of drug-likeness (QED) is 0.415. The van der Waals surface area contributed by atoms with Gasteiger partial charge in [-0.15, -0.1) is 0 Å². The molecule has 0 aliphatic carbocycles. The highest BCUT2D eigenvalue weighted by Crippen LogP contribution is 2.33. The van der Waals surface area contributed by atoms with Crippen LogP contribution in [0, 0.1) is 5.92 Å². The summed E-state index contributed by atoms with van der Waals surface area (Å²) >= 11 is 0. The number of methoxy groups -OCH3 is 1. The Bertz CT molecular complexity index is 1510. The molecule has 3 atom stereocenters. The number of nitrogens with two attached hydrogens (primary N) is 1. The minimum atomic E-state index is -3.77. The molecule has 6 rings (SSSR count). The van der Waals surface area contributed by atoms with Crippen LogP contribution in [0.1, 0.15) is 36.6 Å². The SMILES string of the molecule is COCCCn1c(C2CCCN(C(=O)[C@@H]3CN(S(=O)(=O)c4ccc5c(c4)CCO5)C[C@H]3N)C2)nc2ccccc21. The molecule has 0 radical (unpaired) electrons. The zero-order valence-electron chi connectivity index (χ0n) is 22.9. The summed E-state index contributed by atoms with van der Waals surface area (Å²) in [5.74, 6) is 1.18. The Hall–Kier alpha value is -2.99. The van der Waals surface area contributed by atoms with Crippen LogP contribution in [0.5, 0.6) is 5.75 Å². The molecule has 1 amide bonds. The number of rotatable bonds is 8. The standard InChI is InChI=1S/C29H37N5O5S/c1-38-14-5-13-34-26-8-3-2-7-25(26)31-28(34)21-6-4-12-32(17-21)29(35)23-18-33(19-24(23)30)40(36,37)22-9-10-27-20(16-22)11-15-39-27/h2-3,7-10,16,21,23-24H,4-6,11-15,17-19,30H2,1H3/t21?,23-,24-/m1/s1. The van der Waals surface area contributed by atoms with E-state index in [9.17, 15) is 13.2 Å². The van der Waals surface area contributed by atoms with E-state index in [0.29, 0.717) is 32.7 Å². The molecule has 0 saturated carbocycles. The van der Waals surface area contributed by atoms with Gasteiger partial charge in [0.05, 0.1) is 28.5 Å². The Balaban J connectivity index is 1.18. The molecule has 2 fully saturated rings. The topological polar surface area (TPSA) is 120 Å². The summed E-state index contributed by atoms with van der Waals surface area (Å²) in [6, 6.07) is 12.6. The molecule has 4 heterocycles. The van der Waals surface area contributed by atoms with Gasteiger partial charge >= 0.3 is 0 Å². The van der Waals surface area contributed by atoms with Gasteiger partial charge in [0, 0.05) is 64.8 Å². The van der Waals surface area contributed by atoms with Crippen LogP contribution in [0.4, 0.5) is 0 Å². The lowest BCUT2D eigenvalue weighted by Gasteiger charge is -2.35. The molecule has 1 aromatic heterocycles. The summed E-state index contributed by atoms with van der Waals surface area (Å²) < 4.78 is 41.4. The van der Waals surface area contributed by atoms with Gasteiger partial charge in [-0.2, -0.15) is 4.31 Å². The van der Waals surface area contributed by atoms with Crippen molar-refractivity contribution in [2.75, 3.05) is 46.5 Å². The van der Waals surface area contributed by atoms with Gasteiger partial charge in [-0.05, 0) is 55.2 Å². The highest BCUT2D eigenvalue weighted by Gasteiger charge is 2.43. The summed E-state index contributed by atoms with van der Waals surface area (Å²) in [4.78, 5) is 20.9. The van der Waals surface area contributed by atoms with Crippen molar-refractivity contribution in [2.45, 2.75) is 49.1 Å². The maximum atomic E-state index is 13.8. The number of para-hydroxylation sites is 2. The Labute approximate surface area is 235 Å². The van der Waals surface area contributed by atoms with Gasteiger partial charge in [0.25, 0.3) is 0 Å². The summed E-state index contributed by atoms with van der Waals surface area (Å²) in [6.07, 6.45) is 3.36. The highest BCUT2D eigenvalue weighted by atomic mass is 32.2. The number of carbonyl (C=O) groups excluding carboxylic acids is 1. The first-order chi connectivity index (χ1) is 19.4. The zero-order chi connectivity index (χ0) is 27.9. The minimum absolute atomic E-state index is 0.0701. The van der Waals surface area contributed by atoms with E-state index < -0.39 is 22.0 Å². The molecule has 3 aliphatic heterocycles. The number of carbonyl (C=O) groups is 1. The molecule has 3 aromatic rings. The second kappa shape index (κ2) is 11.1. The van der Waals surface area contributed by atoms with E-state index in [1.807, 2.05) is 23.1 Å². The van der Waals surface area contributed by atoms with Gasteiger partial charge in [0.1, 0.15) is 11.6 Å². The van der Waals surface area contributed by atoms with Crippen molar-refractivity contribution >= 4 is 27.0 Å². The first-order valence-corrected chi connectivity index (χ1v) is 15.5. The number of sulfonamides is 1. The predicted octanol–water partition coefficient (Wildman–Crippen LogP) is 2.36. The number of nitrogens with zero attached hydrogens (tertiary/aromatic N) is 4. The molecule has 40 heavy (non-hydrogen) atoms. The maximum Gasteiger partial charge on any atom is 0.243 e. The number of fused-ring (bicyclic) bond motifs is 2. The van der Waals surface area contributed by atoms with Gasteiger partial charge in [0.15, 0.2) is 0 Å². The van der Waals surface area contributed by atoms with Crippen LogP contribution in [-0.2, 0) is 32.5 Å². The van der Waals surface area contributed by atoms with Crippen LogP contribution in [0.15, 0.2) is 47.4 Å². The van der Waals surface area contributed by atoms with Crippen LogP contribution in [0.25, 0.3) is 11.0 Å². The van der Waals surface area contributed by atoms with E-state index in [1.54, 1.807) is 25.3 Å². The smallest absolute Gasteiger partial charge is 0.243 e. The summed E-state index contributed by atoms with van der Waals surface area (Å²) in [7, 11) is -2.07. The zero-order valence-corrected chi connectivity index (χ0v) is 23.7. The van der Waals surface area contributed by atoms with E-state index in [2.05, 4.69) is 10.6 Å². The molecule has 214 valence electrons. The lowest BCUT2D eigenvalue weighted by Crippen LogP contribution is -2.47. The van der Waals surface area contributed by atoms with Gasteiger partial charge in [-0.1, -0.05) is 12.1 Å². The molecule has 3 aliphatic rings. The number of amides is 1. The minimum Gasteiger partial charge on any atom is -0.493 e. The van der Waals surface area contributed by atoms with E-state index >= 15 is 0 Å². The van der Waals surface area contributed by atoms with Crippen molar-refractivity contribution in [3.63, 3.8) is 0 Å². The second-order valence-electron chi connectivity index (χ2n) is 11.0. The third-order valence-electron chi connectivity index (χ3n) is 8.46. The highest BCUT2D eigenvalue weighted by molar-refractivity contribution is 7.89. The molecule has 10 nitrogen and oxygen atoms in total. The molecule has 2 aromatic carbocycles. The lowest BCUT2D eigenvalue weighted by molar-refractivity contribution is -0.136. The van der Waals surface area contributed by atoms with Gasteiger partial charge in [0.2, 0.25) is 15.9 Å². The average molecular weight is 568 g/mol. The Kier molecular flexibility index (Phi) is 7.56. The van der Waals surface area contributed by atoms with Crippen molar-refractivity contribution < 1.29 is 22.7 Å². The van der Waals surface area contributed by atoms with Crippen molar-refractivity contribution in [3.05, 3.63) is 53.9 Å². The van der Waals surface area contributed by atoms with E-state index in [0.717, 1.165) is 54.0 Å². The van der Waals surface area contributed by atoms with E-state index in [1.165, 1.54) is 4.31 Å². The third kappa shape index (κ3) is 5.00. The number of imidazole rings is 1. The number of likely N-dealkylation sites (tertiary alicyclic amines) is 1. The van der Waals surface area contributed by atoms with Gasteiger partial charge < -0.3 is 24.7 Å². The lowest BCUT2D eigenvalue weighted by atomic mass is 9.94. The fraction of sp³-hybridized carbons (Fsp3) is 0.517. The number of hydrogen-bond donors (Lipinski definition) is 1. The summed E-state index contributed by atoms with van der Waals surface area (Å²) in [6.45, 7) is 3.42. The second-order valence-corrected chi connectivity index (χ2v) is 13.0. The molecular formula is C29H37N5O5S. The molecule has 11 heteroatoms. The number of hydrogen-bond acceptors (Lipinski definition) is 7. The summed E-state index contributed by atoms with van der Waals surface area (Å²) in [5.41, 5.74) is 9.37. The van der Waals surface area contributed by atoms with E-state index in [4.69, 9.17) is 20.2 Å². The number of aryl methyl sites for hydroxylation is 1. The fourth-order valence-electron chi connectivity index (χ4n) is 6.35. The average Bonchev–Trinajstić information content (AvgIpc) is 3.69. The monoisotopic (exact) mass is 567 g/mol. The summed E-state index contributed by atoms with van der Waals surface area (Å²) in [5, 5.41) is 0. The maximum absolute atomic E-state index is 13.8. The van der Waals surface area contributed by atoms with Crippen molar-refractivity contribution in [1.29, 1.82) is 0 Å². The van der Waals surface area contributed by atoms with Gasteiger partial charge in [-0.3, -0.25) is 4.79 Å². The molecule has 1 unspecified atom stereocenters. The van der Waals surface area contributed by atoms with Crippen molar-refractivity contribution in [2.24, 2.45) is 11.7 Å². The molecule has 2 N–H and O–H groups in total. The largest absolute Gasteiger partial charge is 0.493 e. The molecular weight excluding hydrogens is 530 g/mol. The van der Waals surface area contributed by atoms with E-state index in [-0.39, 0.29) is 29.8 Å². The van der Waals surface area contributed by atoms with Crippen LogP contribution in [0.2, 0.25) is 0 Å². The molecule has 2 saturated heterocycles. The fourth-order valence-corrected chi connectivity index (χ4v) is 7.91. The van der Waals surface area contributed by atoms with Crippen LogP contribution >= 0.6 is 0 Å². The van der Waals surface area contributed by atoms with Gasteiger partial charge in [-0.25, -0.2) is 13.4 Å². The molecule has 0 bridgehead atoms. The number of piperidine rings is 1.